The molecule has 2 aromatic carbocycles. The van der Waals surface area contributed by atoms with Crippen LogP contribution in [0.2, 0.25) is 0 Å². The minimum atomic E-state index is -0.334. The molecule has 0 spiro atoms. The van der Waals surface area contributed by atoms with E-state index in [9.17, 15) is 9.59 Å². The Balaban J connectivity index is 1.44. The van der Waals surface area contributed by atoms with Gasteiger partial charge in [0.05, 0.1) is 6.26 Å². The molecule has 0 aliphatic carbocycles. The van der Waals surface area contributed by atoms with E-state index in [1.807, 2.05) is 36.1 Å². The molecule has 1 N–H and O–H groups in total. The lowest BCUT2D eigenvalue weighted by atomic mass is 10.1. The summed E-state index contributed by atoms with van der Waals surface area (Å²) < 4.78 is 5.14. The molecule has 0 atom stereocenters. The maximum atomic E-state index is 13.1. The van der Waals surface area contributed by atoms with Crippen LogP contribution in [0.3, 0.4) is 0 Å². The topological polar surface area (TPSA) is 65.8 Å². The number of amides is 2. The largest absolute Gasteiger partial charge is 0.459 e. The second-order valence-corrected chi connectivity index (χ2v) is 7.53. The SMILES string of the molecule is Cc1ccc(C(=O)N2CCN(c3ccccc3C)CC2)cc1NC(=O)c1ccco1. The van der Waals surface area contributed by atoms with Gasteiger partial charge in [-0.1, -0.05) is 24.3 Å². The molecule has 6 heteroatoms. The summed E-state index contributed by atoms with van der Waals surface area (Å²) in [4.78, 5) is 29.6. The van der Waals surface area contributed by atoms with E-state index < -0.39 is 0 Å². The fourth-order valence-corrected chi connectivity index (χ4v) is 3.73. The van der Waals surface area contributed by atoms with E-state index in [4.69, 9.17) is 4.42 Å². The molecule has 0 radical (unpaired) electrons. The first-order chi connectivity index (χ1) is 14.5. The average molecular weight is 403 g/mol. The van der Waals surface area contributed by atoms with Gasteiger partial charge in [0.25, 0.3) is 11.8 Å². The first-order valence-corrected chi connectivity index (χ1v) is 10.1. The Hall–Kier alpha value is -3.54. The molecule has 1 aliphatic heterocycles. The first-order valence-electron chi connectivity index (χ1n) is 10.1. The predicted molar refractivity (Wildman–Crippen MR) is 117 cm³/mol. The van der Waals surface area contributed by atoms with Gasteiger partial charge in [-0.2, -0.15) is 0 Å². The van der Waals surface area contributed by atoms with E-state index in [-0.39, 0.29) is 17.6 Å². The minimum absolute atomic E-state index is 0.0204. The standard InChI is InChI=1S/C24H25N3O3/c1-17-9-10-19(16-20(17)25-23(28)22-8-5-15-30-22)24(29)27-13-11-26(12-14-27)21-7-4-3-6-18(21)2/h3-10,15-16H,11-14H2,1-2H3,(H,25,28). The first kappa shape index (κ1) is 19.8. The molecule has 1 saturated heterocycles. The quantitative estimate of drug-likeness (QED) is 0.712. The number of furan rings is 1. The summed E-state index contributed by atoms with van der Waals surface area (Å²) in [6.45, 7) is 6.92. The van der Waals surface area contributed by atoms with Gasteiger partial charge < -0.3 is 19.5 Å². The summed E-state index contributed by atoms with van der Waals surface area (Å²) in [5.74, 6) is -0.120. The summed E-state index contributed by atoms with van der Waals surface area (Å²) >= 11 is 0. The van der Waals surface area contributed by atoms with Gasteiger partial charge in [0.15, 0.2) is 5.76 Å². The molecule has 0 bridgehead atoms. The van der Waals surface area contributed by atoms with Crippen LogP contribution in [0.15, 0.2) is 65.3 Å². The molecule has 154 valence electrons. The van der Waals surface area contributed by atoms with Crippen LogP contribution >= 0.6 is 0 Å². The van der Waals surface area contributed by atoms with Crippen molar-refractivity contribution < 1.29 is 14.0 Å². The minimum Gasteiger partial charge on any atom is -0.459 e. The van der Waals surface area contributed by atoms with Crippen LogP contribution in [0.25, 0.3) is 0 Å². The molecule has 2 amide bonds. The zero-order valence-electron chi connectivity index (χ0n) is 17.2. The summed E-state index contributed by atoms with van der Waals surface area (Å²) in [6.07, 6.45) is 1.46. The van der Waals surface area contributed by atoms with E-state index in [1.165, 1.54) is 17.5 Å². The van der Waals surface area contributed by atoms with Crippen molar-refractivity contribution in [1.29, 1.82) is 0 Å². The Kier molecular flexibility index (Phi) is 5.57. The Morgan fingerprint density at radius 3 is 2.37 bits per heavy atom. The summed E-state index contributed by atoms with van der Waals surface area (Å²) in [5, 5.41) is 2.83. The lowest BCUT2D eigenvalue weighted by Crippen LogP contribution is -2.49. The van der Waals surface area contributed by atoms with Gasteiger partial charge in [-0.3, -0.25) is 9.59 Å². The number of para-hydroxylation sites is 1. The molecular weight excluding hydrogens is 378 g/mol. The van der Waals surface area contributed by atoms with Gasteiger partial charge in [0, 0.05) is 43.1 Å². The number of nitrogens with one attached hydrogen (secondary N) is 1. The highest BCUT2D eigenvalue weighted by molar-refractivity contribution is 6.04. The number of benzene rings is 2. The number of piperazine rings is 1. The zero-order valence-corrected chi connectivity index (χ0v) is 17.2. The van der Waals surface area contributed by atoms with Gasteiger partial charge in [0.2, 0.25) is 0 Å². The van der Waals surface area contributed by atoms with Gasteiger partial charge in [-0.15, -0.1) is 0 Å². The van der Waals surface area contributed by atoms with Crippen LogP contribution in [0.5, 0.6) is 0 Å². The Labute approximate surface area is 176 Å². The molecule has 0 saturated carbocycles. The van der Waals surface area contributed by atoms with E-state index in [1.54, 1.807) is 18.2 Å². The van der Waals surface area contributed by atoms with Crippen molar-refractivity contribution in [1.82, 2.24) is 4.90 Å². The molecule has 2 heterocycles. The van der Waals surface area contributed by atoms with Crippen molar-refractivity contribution in [2.75, 3.05) is 36.4 Å². The van der Waals surface area contributed by atoms with Crippen LogP contribution < -0.4 is 10.2 Å². The molecule has 6 nitrogen and oxygen atoms in total. The number of hydrogen-bond acceptors (Lipinski definition) is 4. The fraction of sp³-hybridized carbons (Fsp3) is 0.250. The number of carbonyl (C=O) groups is 2. The monoisotopic (exact) mass is 403 g/mol. The fourth-order valence-electron chi connectivity index (χ4n) is 3.73. The molecule has 1 aliphatic rings. The highest BCUT2D eigenvalue weighted by Crippen LogP contribution is 2.23. The molecule has 30 heavy (non-hydrogen) atoms. The van der Waals surface area contributed by atoms with Crippen LogP contribution in [0.1, 0.15) is 32.0 Å². The van der Waals surface area contributed by atoms with E-state index in [0.717, 1.165) is 18.7 Å². The third kappa shape index (κ3) is 4.08. The summed E-state index contributed by atoms with van der Waals surface area (Å²) in [6, 6.07) is 17.0. The van der Waals surface area contributed by atoms with Crippen LogP contribution in [-0.4, -0.2) is 42.9 Å². The van der Waals surface area contributed by atoms with Crippen LogP contribution in [0.4, 0.5) is 11.4 Å². The van der Waals surface area contributed by atoms with Crippen molar-refractivity contribution in [2.45, 2.75) is 13.8 Å². The Morgan fingerprint density at radius 1 is 0.900 bits per heavy atom. The third-order valence-corrected chi connectivity index (χ3v) is 5.50. The molecule has 3 aromatic rings. The van der Waals surface area contributed by atoms with E-state index >= 15 is 0 Å². The van der Waals surface area contributed by atoms with Gasteiger partial charge in [-0.25, -0.2) is 0 Å². The Bertz CT molecular complexity index is 1050. The number of rotatable bonds is 4. The molecule has 4 rings (SSSR count). The van der Waals surface area contributed by atoms with E-state index in [2.05, 4.69) is 29.3 Å². The number of carbonyl (C=O) groups excluding carboxylic acids is 2. The van der Waals surface area contributed by atoms with Crippen molar-refractivity contribution in [2.24, 2.45) is 0 Å². The maximum Gasteiger partial charge on any atom is 0.291 e. The third-order valence-electron chi connectivity index (χ3n) is 5.50. The van der Waals surface area contributed by atoms with Gasteiger partial charge in [-0.05, 0) is 55.3 Å². The Morgan fingerprint density at radius 2 is 1.67 bits per heavy atom. The van der Waals surface area contributed by atoms with Crippen LogP contribution in [-0.2, 0) is 0 Å². The molecule has 1 aromatic heterocycles. The summed E-state index contributed by atoms with van der Waals surface area (Å²) in [5.41, 5.74) is 4.53. The molecule has 1 fully saturated rings. The smallest absolute Gasteiger partial charge is 0.291 e. The van der Waals surface area contributed by atoms with Crippen molar-refractivity contribution in [3.63, 3.8) is 0 Å². The number of anilines is 2. The van der Waals surface area contributed by atoms with Crippen molar-refractivity contribution >= 4 is 23.2 Å². The van der Waals surface area contributed by atoms with Gasteiger partial charge in [0.1, 0.15) is 0 Å². The number of hydrogen-bond donors (Lipinski definition) is 1. The highest BCUT2D eigenvalue weighted by atomic mass is 16.3. The van der Waals surface area contributed by atoms with Gasteiger partial charge >= 0.3 is 0 Å². The zero-order chi connectivity index (χ0) is 21.1. The lowest BCUT2D eigenvalue weighted by molar-refractivity contribution is 0.0746. The van der Waals surface area contributed by atoms with Crippen molar-refractivity contribution in [3.8, 4) is 0 Å². The number of nitrogens with zero attached hydrogens (tertiary/aromatic N) is 2. The average Bonchev–Trinajstić information content (AvgIpc) is 3.30. The van der Waals surface area contributed by atoms with E-state index in [0.29, 0.717) is 24.3 Å². The lowest BCUT2D eigenvalue weighted by Gasteiger charge is -2.37. The highest BCUT2D eigenvalue weighted by Gasteiger charge is 2.23. The predicted octanol–water partition coefficient (Wildman–Crippen LogP) is 4.11. The normalized spacial score (nSPS) is 13.9. The summed E-state index contributed by atoms with van der Waals surface area (Å²) in [7, 11) is 0. The molecular formula is C24H25N3O3. The second kappa shape index (κ2) is 8.45. The second-order valence-electron chi connectivity index (χ2n) is 7.53. The van der Waals surface area contributed by atoms with Crippen LogP contribution in [0, 0.1) is 13.8 Å². The van der Waals surface area contributed by atoms with Crippen molar-refractivity contribution in [3.05, 3.63) is 83.3 Å². The maximum absolute atomic E-state index is 13.1. The number of aryl methyl sites for hydroxylation is 2. The molecule has 0 unspecified atom stereocenters.